The summed E-state index contributed by atoms with van der Waals surface area (Å²) in [4.78, 5) is 8.08. The van der Waals surface area contributed by atoms with Gasteiger partial charge < -0.3 is 10.2 Å². The van der Waals surface area contributed by atoms with E-state index < -0.39 is 55.3 Å². The fourth-order valence-electron chi connectivity index (χ4n) is 2.78. The SMILES string of the molecule is FC(F)(F)c1cc(-c2ccccn2)[n]([Al][O][Al][n]2nc(C(F)(F)F)cc2-c2ccccn2)n1. The summed E-state index contributed by atoms with van der Waals surface area (Å²) in [5.74, 6) is 0. The van der Waals surface area contributed by atoms with Crippen LogP contribution in [0.25, 0.3) is 22.8 Å². The molecule has 7 nitrogen and oxygen atoms in total. The molecule has 0 aliphatic carbocycles. The van der Waals surface area contributed by atoms with Crippen LogP contribution in [0.4, 0.5) is 26.3 Å². The lowest BCUT2D eigenvalue weighted by molar-refractivity contribution is -0.142. The Morgan fingerprint density at radius 1 is 0.667 bits per heavy atom. The van der Waals surface area contributed by atoms with Crippen LogP contribution < -0.4 is 0 Å². The van der Waals surface area contributed by atoms with E-state index in [2.05, 4.69) is 20.2 Å². The predicted octanol–water partition coefficient (Wildman–Crippen LogP) is 3.72. The molecule has 2 radical (unpaired) electrons. The number of halogens is 6. The molecule has 0 saturated heterocycles. The highest BCUT2D eigenvalue weighted by molar-refractivity contribution is 6.41. The van der Waals surface area contributed by atoms with Crippen LogP contribution in [0.2, 0.25) is 0 Å². The molecule has 0 atom stereocenters. The zero-order valence-corrected chi connectivity index (χ0v) is 18.6. The van der Waals surface area contributed by atoms with Crippen LogP contribution in [-0.2, 0) is 15.2 Å². The monoisotopic (exact) mass is 494 g/mol. The molecular formula is C18H10Al2F6N6O. The Morgan fingerprint density at radius 2 is 1.09 bits per heavy atom. The van der Waals surface area contributed by atoms with Crippen LogP contribution in [0.3, 0.4) is 0 Å². The maximum atomic E-state index is 13.2. The van der Waals surface area contributed by atoms with Crippen molar-refractivity contribution < 1.29 is 29.2 Å². The molecule has 33 heavy (non-hydrogen) atoms. The molecule has 0 aliphatic rings. The van der Waals surface area contributed by atoms with Gasteiger partial charge in [0.2, 0.25) is 0 Å². The Bertz CT molecular complexity index is 1130. The van der Waals surface area contributed by atoms with Crippen LogP contribution >= 0.6 is 0 Å². The topological polar surface area (TPSA) is 70.7 Å². The number of alkyl halides is 6. The maximum Gasteiger partial charge on any atom is 0.603 e. The van der Waals surface area contributed by atoms with Crippen molar-refractivity contribution in [2.24, 2.45) is 0 Å². The van der Waals surface area contributed by atoms with Gasteiger partial charge in [0.25, 0.3) is 0 Å². The smallest absolute Gasteiger partial charge is 0.603 e. The number of rotatable bonds is 6. The first kappa shape index (κ1) is 23.5. The summed E-state index contributed by atoms with van der Waals surface area (Å²) in [6, 6.07) is 11.2. The van der Waals surface area contributed by atoms with Gasteiger partial charge in [0.15, 0.2) is 11.4 Å². The fraction of sp³-hybridized carbons (Fsp3) is 0.111. The molecule has 0 N–H and O–H groups in total. The average molecular weight is 494 g/mol. The molecule has 0 unspecified atom stereocenters. The zero-order valence-electron chi connectivity index (χ0n) is 16.3. The molecule has 0 saturated carbocycles. The van der Waals surface area contributed by atoms with E-state index in [4.69, 9.17) is 2.84 Å². The number of hydrogen-bond acceptors (Lipinski definition) is 5. The highest BCUT2D eigenvalue weighted by Crippen LogP contribution is 2.32. The van der Waals surface area contributed by atoms with Crippen LogP contribution in [0.15, 0.2) is 60.9 Å². The normalized spacial score (nSPS) is 12.1. The second-order valence-corrected chi connectivity index (χ2v) is 8.98. The Labute approximate surface area is 195 Å². The molecule has 0 aliphatic heterocycles. The van der Waals surface area contributed by atoms with Crippen molar-refractivity contribution in [1.29, 1.82) is 0 Å². The number of pyridine rings is 2. The average Bonchev–Trinajstić information content (AvgIpc) is 3.40. The maximum absolute atomic E-state index is 13.2. The molecule has 15 heteroatoms. The summed E-state index contributed by atoms with van der Waals surface area (Å²) < 4.78 is 86.8. The lowest BCUT2D eigenvalue weighted by Gasteiger charge is -2.09. The lowest BCUT2D eigenvalue weighted by Crippen LogP contribution is -2.23. The summed E-state index contributed by atoms with van der Waals surface area (Å²) in [5, 5.41) is 7.14. The van der Waals surface area contributed by atoms with E-state index in [9.17, 15) is 26.3 Å². The standard InChI is InChI=1S/2C9H5F3N3.2Al.O/c2*10-9(11,12)8-5-7(14-15-8)6-3-1-2-4-13-6;;;/h2*1-5H;;;/q2*-1;2*+1;. The van der Waals surface area contributed by atoms with Gasteiger partial charge in [-0.05, 0) is 36.4 Å². The first-order valence-electron chi connectivity index (χ1n) is 9.11. The molecule has 4 aromatic rings. The highest BCUT2D eigenvalue weighted by Gasteiger charge is 2.36. The van der Waals surface area contributed by atoms with Gasteiger partial charge in [0, 0.05) is 12.4 Å². The Hall–Kier alpha value is -2.68. The van der Waals surface area contributed by atoms with Crippen LogP contribution in [0, 0.1) is 0 Å². The summed E-state index contributed by atoms with van der Waals surface area (Å²) in [6.07, 6.45) is -6.53. The highest BCUT2D eigenvalue weighted by atomic mass is 27.2. The van der Waals surface area contributed by atoms with Crippen LogP contribution in [-0.4, -0.2) is 59.0 Å². The first-order chi connectivity index (χ1) is 15.6. The van der Waals surface area contributed by atoms with E-state index in [0.717, 1.165) is 19.5 Å². The van der Waals surface area contributed by atoms with Gasteiger partial charge in [-0.25, -0.2) is 0 Å². The minimum Gasteiger partial charge on any atom is -0.611 e. The summed E-state index contributed by atoms with van der Waals surface area (Å²) in [6.45, 7) is 0. The molecule has 4 heterocycles. The van der Waals surface area contributed by atoms with Crippen molar-refractivity contribution in [1.82, 2.24) is 27.5 Å². The van der Waals surface area contributed by atoms with Crippen molar-refractivity contribution in [3.05, 3.63) is 72.3 Å². The zero-order chi connectivity index (χ0) is 23.6. The number of nitrogens with zero attached hydrogens (tertiary/aromatic N) is 6. The first-order valence-corrected chi connectivity index (χ1v) is 11.1. The van der Waals surface area contributed by atoms with E-state index in [-0.39, 0.29) is 22.8 Å². The molecule has 0 fully saturated rings. The van der Waals surface area contributed by atoms with Gasteiger partial charge in [-0.3, -0.25) is 9.97 Å². The van der Waals surface area contributed by atoms with Crippen molar-refractivity contribution in [2.75, 3.05) is 0 Å². The van der Waals surface area contributed by atoms with Crippen molar-refractivity contribution in [3.8, 4) is 22.8 Å². The van der Waals surface area contributed by atoms with Gasteiger partial charge >= 0.3 is 43.9 Å². The Balaban J connectivity index is 1.60. The second kappa shape index (κ2) is 9.29. The van der Waals surface area contributed by atoms with E-state index in [0.29, 0.717) is 0 Å². The molecule has 166 valence electrons. The molecule has 0 aromatic carbocycles. The largest absolute Gasteiger partial charge is 0.611 e. The number of aromatic nitrogens is 6. The van der Waals surface area contributed by atoms with Crippen molar-refractivity contribution in [3.63, 3.8) is 0 Å². The lowest BCUT2D eigenvalue weighted by atomic mass is 10.2. The summed E-state index contributed by atoms with van der Waals surface area (Å²) in [5.41, 5.74) is -1.58. The summed E-state index contributed by atoms with van der Waals surface area (Å²) in [7, 11) is 0. The van der Waals surface area contributed by atoms with Crippen LogP contribution in [0.5, 0.6) is 0 Å². The molecule has 0 spiro atoms. The van der Waals surface area contributed by atoms with E-state index in [1.165, 1.54) is 24.5 Å². The summed E-state index contributed by atoms with van der Waals surface area (Å²) >= 11 is -2.70. The third-order valence-electron chi connectivity index (χ3n) is 4.23. The van der Waals surface area contributed by atoms with Crippen molar-refractivity contribution in [2.45, 2.75) is 12.4 Å². The molecule has 4 rings (SSSR count). The van der Waals surface area contributed by atoms with Crippen molar-refractivity contribution >= 4 is 31.5 Å². The third-order valence-corrected chi connectivity index (χ3v) is 6.39. The Morgan fingerprint density at radius 3 is 1.42 bits per heavy atom. The van der Waals surface area contributed by atoms with Gasteiger partial charge in [-0.2, -0.15) is 36.5 Å². The van der Waals surface area contributed by atoms with Gasteiger partial charge in [0.1, 0.15) is 0 Å². The third kappa shape index (κ3) is 5.46. The molecular weight excluding hydrogens is 484 g/mol. The second-order valence-electron chi connectivity index (χ2n) is 6.49. The minimum absolute atomic E-state index is 0.0821. The fourth-order valence-corrected chi connectivity index (χ4v) is 4.90. The predicted molar refractivity (Wildman–Crippen MR) is 104 cm³/mol. The van der Waals surface area contributed by atoms with Gasteiger partial charge in [-0.15, -0.1) is 0 Å². The van der Waals surface area contributed by atoms with Gasteiger partial charge in [-0.1, -0.05) is 12.1 Å². The van der Waals surface area contributed by atoms with E-state index >= 15 is 0 Å². The van der Waals surface area contributed by atoms with E-state index in [1.807, 2.05) is 0 Å². The quantitative estimate of drug-likeness (QED) is 0.302. The Kier molecular flexibility index (Phi) is 6.61. The molecule has 4 aromatic heterocycles. The van der Waals surface area contributed by atoms with Crippen LogP contribution in [0.1, 0.15) is 11.4 Å². The minimum atomic E-state index is -4.68. The molecule has 0 bridgehead atoms. The molecule has 0 amide bonds. The number of hydrogen-bond donors (Lipinski definition) is 0. The van der Waals surface area contributed by atoms with E-state index in [1.54, 1.807) is 24.3 Å². The van der Waals surface area contributed by atoms with Gasteiger partial charge in [0.05, 0.1) is 22.8 Å².